The Kier molecular flexibility index (Phi) is 6.30. The maximum Gasteiger partial charge on any atom is 0.392 e. The van der Waals surface area contributed by atoms with E-state index >= 15 is 0 Å². The smallest absolute Gasteiger partial charge is 0.392 e. The molecule has 1 unspecified atom stereocenters. The monoisotopic (exact) mass is 399 g/mol. The summed E-state index contributed by atoms with van der Waals surface area (Å²) in [5.41, 5.74) is -0.425. The van der Waals surface area contributed by atoms with Gasteiger partial charge in [-0.05, 0) is 6.07 Å². The maximum absolute atomic E-state index is 13.9. The number of aliphatic carboxylic acids is 1. The van der Waals surface area contributed by atoms with Crippen molar-refractivity contribution in [2.24, 2.45) is 5.92 Å². The van der Waals surface area contributed by atoms with Crippen LogP contribution in [0.2, 0.25) is 5.02 Å². The van der Waals surface area contributed by atoms with Gasteiger partial charge in [0.2, 0.25) is 5.91 Å². The summed E-state index contributed by atoms with van der Waals surface area (Å²) in [4.78, 5) is 22.4. The van der Waals surface area contributed by atoms with E-state index in [0.717, 1.165) is 12.1 Å². The normalized spacial score (nSPS) is 15.9. The minimum absolute atomic E-state index is 0.0366. The van der Waals surface area contributed by atoms with E-state index in [1.807, 2.05) is 5.32 Å². The fourth-order valence-electron chi connectivity index (χ4n) is 2.12. The third-order valence-electron chi connectivity index (χ3n) is 3.51. The van der Waals surface area contributed by atoms with Crippen molar-refractivity contribution < 1.29 is 41.7 Å². The fourth-order valence-corrected chi connectivity index (χ4v) is 2.31. The van der Waals surface area contributed by atoms with Crippen molar-refractivity contribution in [3.05, 3.63) is 23.0 Å². The summed E-state index contributed by atoms with van der Waals surface area (Å²) in [5.74, 6) is -6.21. The number of hydrogen-bond acceptors (Lipinski definition) is 4. The first-order valence-corrected chi connectivity index (χ1v) is 7.76. The highest BCUT2D eigenvalue weighted by Crippen LogP contribution is 2.34. The van der Waals surface area contributed by atoms with Gasteiger partial charge in [-0.2, -0.15) is 13.2 Å². The summed E-state index contributed by atoms with van der Waals surface area (Å²) < 4.78 is 62.6. The summed E-state index contributed by atoms with van der Waals surface area (Å²) in [5, 5.41) is 10.4. The van der Waals surface area contributed by atoms with E-state index in [4.69, 9.17) is 26.2 Å². The van der Waals surface area contributed by atoms with Gasteiger partial charge in [0.05, 0.1) is 36.3 Å². The molecule has 11 heteroatoms. The van der Waals surface area contributed by atoms with Crippen molar-refractivity contribution in [1.82, 2.24) is 0 Å². The third kappa shape index (κ3) is 5.46. The van der Waals surface area contributed by atoms with Crippen LogP contribution in [-0.2, 0) is 14.3 Å². The number of alkyl halides is 3. The van der Waals surface area contributed by atoms with Gasteiger partial charge in [0.1, 0.15) is 17.7 Å². The summed E-state index contributed by atoms with van der Waals surface area (Å²) in [6, 6.07) is 1.90. The van der Waals surface area contributed by atoms with E-state index in [0.29, 0.717) is 13.2 Å². The molecule has 1 aliphatic rings. The molecule has 0 aromatic heterocycles. The fraction of sp³-hybridized carbons (Fsp3) is 0.467. The predicted molar refractivity (Wildman–Crippen MR) is 81.7 cm³/mol. The van der Waals surface area contributed by atoms with E-state index in [9.17, 15) is 27.2 Å². The highest BCUT2D eigenvalue weighted by Gasteiger charge is 2.42. The number of anilines is 1. The Labute approximate surface area is 150 Å². The molecule has 2 rings (SSSR count). The highest BCUT2D eigenvalue weighted by atomic mass is 35.5. The topological polar surface area (TPSA) is 84.9 Å². The standard InChI is InChI=1S/C15H14ClF4NO5/c16-9-3-10(17)11(4-12(9)26-8-5-25-6-8)21-13(22)1-7(2-14(23)24)15(18,19)20/h3-4,7-8H,1-2,5-6H2,(H,21,22)(H,23,24). The molecule has 1 aromatic rings. The Morgan fingerprint density at radius 3 is 2.50 bits per heavy atom. The average Bonchev–Trinajstić information content (AvgIpc) is 2.44. The maximum atomic E-state index is 13.9. The summed E-state index contributed by atoms with van der Waals surface area (Å²) in [6.45, 7) is 0.607. The lowest BCUT2D eigenvalue weighted by molar-refractivity contribution is -0.185. The SMILES string of the molecule is O=C(O)CC(CC(=O)Nc1cc(OC2COC2)c(Cl)cc1F)C(F)(F)F. The molecule has 1 heterocycles. The van der Waals surface area contributed by atoms with Gasteiger partial charge in [0.25, 0.3) is 0 Å². The van der Waals surface area contributed by atoms with Crippen LogP contribution in [0.1, 0.15) is 12.8 Å². The first-order valence-electron chi connectivity index (χ1n) is 7.38. The lowest BCUT2D eigenvalue weighted by Gasteiger charge is -2.27. The van der Waals surface area contributed by atoms with Gasteiger partial charge in [0, 0.05) is 12.5 Å². The lowest BCUT2D eigenvalue weighted by atomic mass is 10.0. The van der Waals surface area contributed by atoms with Gasteiger partial charge < -0.3 is 19.9 Å². The molecule has 0 aliphatic carbocycles. The molecule has 144 valence electrons. The molecule has 0 bridgehead atoms. The van der Waals surface area contributed by atoms with Crippen molar-refractivity contribution in [3.8, 4) is 5.75 Å². The minimum Gasteiger partial charge on any atom is -0.484 e. The first kappa shape index (κ1) is 20.2. The Morgan fingerprint density at radius 1 is 1.35 bits per heavy atom. The van der Waals surface area contributed by atoms with Crippen molar-refractivity contribution >= 4 is 29.2 Å². The van der Waals surface area contributed by atoms with Crippen LogP contribution in [0.15, 0.2) is 12.1 Å². The molecule has 1 atom stereocenters. The zero-order chi connectivity index (χ0) is 19.5. The quantitative estimate of drug-likeness (QED) is 0.688. The van der Waals surface area contributed by atoms with Gasteiger partial charge in [-0.15, -0.1) is 0 Å². The van der Waals surface area contributed by atoms with Gasteiger partial charge in [-0.1, -0.05) is 11.6 Å². The number of hydrogen-bond donors (Lipinski definition) is 2. The Morgan fingerprint density at radius 2 is 2.00 bits per heavy atom. The van der Waals surface area contributed by atoms with Gasteiger partial charge in [-0.3, -0.25) is 9.59 Å². The molecule has 2 N–H and O–H groups in total. The van der Waals surface area contributed by atoms with Gasteiger partial charge >= 0.3 is 12.1 Å². The van der Waals surface area contributed by atoms with E-state index in [1.165, 1.54) is 0 Å². The summed E-state index contributed by atoms with van der Waals surface area (Å²) in [7, 11) is 0. The van der Waals surface area contributed by atoms with Crippen molar-refractivity contribution in [1.29, 1.82) is 0 Å². The number of carbonyl (C=O) groups excluding carboxylic acids is 1. The summed E-state index contributed by atoms with van der Waals surface area (Å²) >= 11 is 5.83. The molecule has 1 amide bonds. The number of carboxylic acids is 1. The van der Waals surface area contributed by atoms with Crippen LogP contribution in [0.4, 0.5) is 23.2 Å². The third-order valence-corrected chi connectivity index (χ3v) is 3.81. The number of benzene rings is 1. The molecule has 0 saturated carbocycles. The molecule has 1 aliphatic heterocycles. The molecule has 0 spiro atoms. The largest absolute Gasteiger partial charge is 0.484 e. The second-order valence-electron chi connectivity index (χ2n) is 5.63. The van der Waals surface area contributed by atoms with Crippen molar-refractivity contribution in [2.45, 2.75) is 25.1 Å². The van der Waals surface area contributed by atoms with E-state index < -0.39 is 48.3 Å². The molecule has 26 heavy (non-hydrogen) atoms. The van der Waals surface area contributed by atoms with Crippen LogP contribution in [0.5, 0.6) is 5.75 Å². The highest BCUT2D eigenvalue weighted by molar-refractivity contribution is 6.32. The molecule has 1 saturated heterocycles. The Hall–Kier alpha value is -2.07. The summed E-state index contributed by atoms with van der Waals surface area (Å²) in [6.07, 6.45) is -7.61. The zero-order valence-electron chi connectivity index (χ0n) is 13.1. The first-order chi connectivity index (χ1) is 12.1. The lowest BCUT2D eigenvalue weighted by Crippen LogP contribution is -2.38. The van der Waals surface area contributed by atoms with E-state index in [2.05, 4.69) is 0 Å². The molecule has 1 aromatic carbocycles. The molecule has 0 radical (unpaired) electrons. The average molecular weight is 400 g/mol. The van der Waals surface area contributed by atoms with Crippen LogP contribution in [0.25, 0.3) is 0 Å². The number of amides is 1. The number of carboxylic acid groups (broad SMARTS) is 1. The molecule has 6 nitrogen and oxygen atoms in total. The minimum atomic E-state index is -4.88. The second kappa shape index (κ2) is 8.09. The van der Waals surface area contributed by atoms with Gasteiger partial charge in [-0.25, -0.2) is 4.39 Å². The van der Waals surface area contributed by atoms with Crippen LogP contribution in [-0.4, -0.2) is 42.5 Å². The molecular formula is C15H14ClF4NO5. The number of carbonyl (C=O) groups is 2. The van der Waals surface area contributed by atoms with Gasteiger partial charge in [0.15, 0.2) is 0 Å². The number of halogens is 5. The van der Waals surface area contributed by atoms with E-state index in [-0.39, 0.29) is 16.9 Å². The van der Waals surface area contributed by atoms with Crippen molar-refractivity contribution in [3.63, 3.8) is 0 Å². The van der Waals surface area contributed by atoms with E-state index in [1.54, 1.807) is 0 Å². The van der Waals surface area contributed by atoms with Crippen molar-refractivity contribution in [2.75, 3.05) is 18.5 Å². The predicted octanol–water partition coefficient (Wildman–Crippen LogP) is 3.24. The zero-order valence-corrected chi connectivity index (χ0v) is 13.9. The second-order valence-corrected chi connectivity index (χ2v) is 6.04. The van der Waals surface area contributed by atoms with Crippen LogP contribution >= 0.6 is 11.6 Å². The van der Waals surface area contributed by atoms with Crippen LogP contribution in [0, 0.1) is 11.7 Å². The Bertz CT molecular complexity index is 693. The number of nitrogens with one attached hydrogen (secondary N) is 1. The molecular weight excluding hydrogens is 386 g/mol. The number of rotatable bonds is 7. The van der Waals surface area contributed by atoms with Crippen LogP contribution < -0.4 is 10.1 Å². The number of ether oxygens (including phenoxy) is 2. The molecule has 1 fully saturated rings. The van der Waals surface area contributed by atoms with Crippen LogP contribution in [0.3, 0.4) is 0 Å². The Balaban J connectivity index is 2.09.